The van der Waals surface area contributed by atoms with Gasteiger partial charge in [0.15, 0.2) is 12.3 Å². The summed E-state index contributed by atoms with van der Waals surface area (Å²) in [5.41, 5.74) is 3.75. The highest BCUT2D eigenvalue weighted by molar-refractivity contribution is 6.30. The molecule has 2 aromatic carbocycles. The number of hydrogen-bond donors (Lipinski definition) is 1. The first-order valence-electron chi connectivity index (χ1n) is 8.58. The molecule has 3 rings (SSSR count). The van der Waals surface area contributed by atoms with Crippen LogP contribution in [0.5, 0.6) is 0 Å². The van der Waals surface area contributed by atoms with E-state index in [1.807, 2.05) is 26.0 Å². The van der Waals surface area contributed by atoms with Crippen LogP contribution >= 0.6 is 11.6 Å². The fourth-order valence-electron chi connectivity index (χ4n) is 2.56. The van der Waals surface area contributed by atoms with Gasteiger partial charge in [-0.1, -0.05) is 29.8 Å². The number of halogens is 1. The van der Waals surface area contributed by atoms with Crippen LogP contribution in [0, 0.1) is 20.8 Å². The monoisotopic (exact) mass is 398 g/mol. The van der Waals surface area contributed by atoms with Crippen molar-refractivity contribution in [3.05, 3.63) is 70.0 Å². The highest BCUT2D eigenvalue weighted by Gasteiger charge is 2.19. The van der Waals surface area contributed by atoms with Gasteiger partial charge < -0.3 is 10.1 Å². The van der Waals surface area contributed by atoms with Crippen molar-refractivity contribution in [1.29, 1.82) is 0 Å². The molecule has 0 saturated heterocycles. The molecule has 0 atom stereocenters. The van der Waals surface area contributed by atoms with Crippen LogP contribution in [-0.4, -0.2) is 33.5 Å². The molecule has 1 amide bonds. The number of anilines is 1. The van der Waals surface area contributed by atoms with Crippen LogP contribution in [0.25, 0.3) is 5.69 Å². The van der Waals surface area contributed by atoms with Crippen molar-refractivity contribution in [2.24, 2.45) is 0 Å². The first-order valence-corrected chi connectivity index (χ1v) is 8.96. The van der Waals surface area contributed by atoms with Crippen LogP contribution in [0.2, 0.25) is 5.02 Å². The Morgan fingerprint density at radius 3 is 2.61 bits per heavy atom. The third kappa shape index (κ3) is 4.37. The highest BCUT2D eigenvalue weighted by Crippen LogP contribution is 2.18. The van der Waals surface area contributed by atoms with E-state index >= 15 is 0 Å². The van der Waals surface area contributed by atoms with E-state index in [4.69, 9.17) is 16.3 Å². The number of hydrogen-bond acceptors (Lipinski definition) is 5. The molecule has 0 spiro atoms. The largest absolute Gasteiger partial charge is 0.451 e. The molecular weight excluding hydrogens is 380 g/mol. The Hall–Kier alpha value is -3.19. The molecule has 0 unspecified atom stereocenters. The predicted octanol–water partition coefficient (Wildman–Crippen LogP) is 3.64. The first-order chi connectivity index (χ1) is 13.3. The highest BCUT2D eigenvalue weighted by atomic mass is 35.5. The fraction of sp³-hybridized carbons (Fsp3) is 0.200. The molecule has 0 radical (unpaired) electrons. The second kappa shape index (κ2) is 8.22. The van der Waals surface area contributed by atoms with Gasteiger partial charge in [0, 0.05) is 10.7 Å². The quantitative estimate of drug-likeness (QED) is 0.663. The topological polar surface area (TPSA) is 86.1 Å². The summed E-state index contributed by atoms with van der Waals surface area (Å²) in [6.07, 6.45) is 0. The Kier molecular flexibility index (Phi) is 5.75. The number of aromatic nitrogens is 3. The lowest BCUT2D eigenvalue weighted by Gasteiger charge is -2.10. The normalized spacial score (nSPS) is 10.6. The lowest BCUT2D eigenvalue weighted by Crippen LogP contribution is -2.22. The van der Waals surface area contributed by atoms with Gasteiger partial charge in [0.1, 0.15) is 0 Å². The average molecular weight is 399 g/mol. The Labute approximate surface area is 167 Å². The minimum Gasteiger partial charge on any atom is -0.451 e. The van der Waals surface area contributed by atoms with Gasteiger partial charge in [-0.25, -0.2) is 4.79 Å². The van der Waals surface area contributed by atoms with Gasteiger partial charge in [-0.3, -0.25) is 4.79 Å². The standard InChI is InChI=1S/C20H19ClN4O3/c1-12-6-4-9-17(13(12)2)22-18(26)11-28-20(27)19-14(3)23-25(24-19)16-8-5-7-15(21)10-16/h4-10H,11H2,1-3H3,(H,22,26). The van der Waals surface area contributed by atoms with Crippen molar-refractivity contribution in [3.8, 4) is 5.69 Å². The summed E-state index contributed by atoms with van der Waals surface area (Å²) in [7, 11) is 0. The number of aryl methyl sites for hydroxylation is 2. The molecule has 0 aliphatic carbocycles. The van der Waals surface area contributed by atoms with Crippen LogP contribution in [0.1, 0.15) is 27.3 Å². The molecular formula is C20H19ClN4O3. The Bertz CT molecular complexity index is 1050. The summed E-state index contributed by atoms with van der Waals surface area (Å²) in [5.74, 6) is -1.15. The number of carbonyl (C=O) groups is 2. The molecule has 0 saturated carbocycles. The molecule has 144 valence electrons. The van der Waals surface area contributed by atoms with E-state index in [0.29, 0.717) is 22.1 Å². The van der Waals surface area contributed by atoms with Gasteiger partial charge in [-0.05, 0) is 56.2 Å². The van der Waals surface area contributed by atoms with E-state index in [1.54, 1.807) is 37.3 Å². The number of ether oxygens (including phenoxy) is 1. The number of amides is 1. The Morgan fingerprint density at radius 1 is 1.11 bits per heavy atom. The number of rotatable bonds is 5. The molecule has 0 fully saturated rings. The van der Waals surface area contributed by atoms with Crippen LogP contribution in [0.4, 0.5) is 5.69 Å². The van der Waals surface area contributed by atoms with E-state index in [1.165, 1.54) is 4.80 Å². The smallest absolute Gasteiger partial charge is 0.361 e. The van der Waals surface area contributed by atoms with E-state index in [-0.39, 0.29) is 5.69 Å². The van der Waals surface area contributed by atoms with Gasteiger partial charge in [-0.15, -0.1) is 5.10 Å². The average Bonchev–Trinajstić information content (AvgIpc) is 3.05. The molecule has 28 heavy (non-hydrogen) atoms. The molecule has 1 N–H and O–H groups in total. The van der Waals surface area contributed by atoms with E-state index in [0.717, 1.165) is 11.1 Å². The minimum atomic E-state index is -0.720. The van der Waals surface area contributed by atoms with E-state index < -0.39 is 18.5 Å². The van der Waals surface area contributed by atoms with Crippen molar-refractivity contribution < 1.29 is 14.3 Å². The summed E-state index contributed by atoms with van der Waals surface area (Å²) < 4.78 is 5.09. The number of benzene rings is 2. The minimum absolute atomic E-state index is 0.0412. The van der Waals surface area contributed by atoms with Crippen LogP contribution in [-0.2, 0) is 9.53 Å². The summed E-state index contributed by atoms with van der Waals surface area (Å²) in [6.45, 7) is 5.09. The SMILES string of the molecule is Cc1cccc(NC(=O)COC(=O)c2nn(-c3cccc(Cl)c3)nc2C)c1C. The maximum absolute atomic E-state index is 12.3. The summed E-state index contributed by atoms with van der Waals surface area (Å²) in [5, 5.41) is 11.6. The number of carbonyl (C=O) groups excluding carboxylic acids is 2. The first kappa shape index (κ1) is 19.6. The Morgan fingerprint density at radius 2 is 1.86 bits per heavy atom. The van der Waals surface area contributed by atoms with Crippen molar-refractivity contribution in [1.82, 2.24) is 15.0 Å². The summed E-state index contributed by atoms with van der Waals surface area (Å²) in [4.78, 5) is 25.7. The molecule has 8 heteroatoms. The number of nitrogens with zero attached hydrogens (tertiary/aromatic N) is 3. The van der Waals surface area contributed by atoms with Crippen molar-refractivity contribution >= 4 is 29.2 Å². The third-order valence-corrected chi connectivity index (χ3v) is 4.46. The molecule has 0 aliphatic rings. The number of nitrogens with one attached hydrogen (secondary N) is 1. The van der Waals surface area contributed by atoms with Gasteiger partial charge in [0.2, 0.25) is 0 Å². The third-order valence-electron chi connectivity index (χ3n) is 4.23. The van der Waals surface area contributed by atoms with Crippen LogP contribution in [0.15, 0.2) is 42.5 Å². The summed E-state index contributed by atoms with van der Waals surface area (Å²) in [6, 6.07) is 12.5. The molecule has 1 aromatic heterocycles. The zero-order chi connectivity index (χ0) is 20.3. The van der Waals surface area contributed by atoms with Crippen molar-refractivity contribution in [3.63, 3.8) is 0 Å². The second-order valence-corrected chi connectivity index (χ2v) is 6.71. The second-order valence-electron chi connectivity index (χ2n) is 6.28. The van der Waals surface area contributed by atoms with Gasteiger partial charge in [-0.2, -0.15) is 9.90 Å². The molecule has 0 aliphatic heterocycles. The number of esters is 1. The molecule has 3 aromatic rings. The maximum atomic E-state index is 12.3. The fourth-order valence-corrected chi connectivity index (χ4v) is 2.74. The van der Waals surface area contributed by atoms with E-state index in [9.17, 15) is 9.59 Å². The lowest BCUT2D eigenvalue weighted by atomic mass is 10.1. The lowest BCUT2D eigenvalue weighted by molar-refractivity contribution is -0.119. The van der Waals surface area contributed by atoms with Crippen LogP contribution in [0.3, 0.4) is 0 Å². The van der Waals surface area contributed by atoms with Crippen LogP contribution < -0.4 is 5.32 Å². The summed E-state index contributed by atoms with van der Waals surface area (Å²) >= 11 is 5.97. The zero-order valence-corrected chi connectivity index (χ0v) is 16.4. The zero-order valence-electron chi connectivity index (χ0n) is 15.7. The predicted molar refractivity (Wildman–Crippen MR) is 106 cm³/mol. The van der Waals surface area contributed by atoms with Gasteiger partial charge >= 0.3 is 5.97 Å². The molecule has 7 nitrogen and oxygen atoms in total. The van der Waals surface area contributed by atoms with Crippen molar-refractivity contribution in [2.45, 2.75) is 20.8 Å². The van der Waals surface area contributed by atoms with Crippen molar-refractivity contribution in [2.75, 3.05) is 11.9 Å². The maximum Gasteiger partial charge on any atom is 0.361 e. The molecule has 0 bridgehead atoms. The Balaban J connectivity index is 1.65. The van der Waals surface area contributed by atoms with Gasteiger partial charge in [0.25, 0.3) is 5.91 Å². The van der Waals surface area contributed by atoms with Gasteiger partial charge in [0.05, 0.1) is 11.4 Å². The van der Waals surface area contributed by atoms with E-state index in [2.05, 4.69) is 15.5 Å². The molecule has 1 heterocycles.